The van der Waals surface area contributed by atoms with Crippen LogP contribution in [-0.4, -0.2) is 28.2 Å². The monoisotopic (exact) mass is 318 g/mol. The molecular weight excluding hydrogens is 292 g/mol. The molecule has 1 aliphatic carbocycles. The number of anilines is 2. The predicted molar refractivity (Wildman–Crippen MR) is 107 cm³/mol. The molecule has 24 heavy (non-hydrogen) atoms. The number of allylic oxidation sites excluding steroid dienone is 4. The van der Waals surface area contributed by atoms with Gasteiger partial charge in [-0.15, -0.1) is 0 Å². The van der Waals surface area contributed by atoms with E-state index in [0.717, 1.165) is 0 Å². The highest BCUT2D eigenvalue weighted by Gasteiger charge is 2.16. The zero-order valence-electron chi connectivity index (χ0n) is 15.5. The van der Waals surface area contributed by atoms with E-state index >= 15 is 0 Å². The summed E-state index contributed by atoms with van der Waals surface area (Å²) in [5.41, 5.74) is 10.4. The molecule has 0 spiro atoms. The molecule has 0 atom stereocenters. The number of hydrogen-bond donors (Lipinski definition) is 0. The summed E-state index contributed by atoms with van der Waals surface area (Å²) in [7, 11) is 8.31. The third-order valence-corrected chi connectivity index (χ3v) is 4.70. The van der Waals surface area contributed by atoms with Gasteiger partial charge in [-0.1, -0.05) is 12.1 Å². The largest absolute Gasteiger partial charge is 0.378 e. The first-order valence-corrected chi connectivity index (χ1v) is 8.37. The van der Waals surface area contributed by atoms with E-state index in [0.29, 0.717) is 0 Å². The minimum Gasteiger partial charge on any atom is -0.378 e. The summed E-state index contributed by atoms with van der Waals surface area (Å²) in [5.74, 6) is 0. The molecule has 0 bridgehead atoms. The van der Waals surface area contributed by atoms with Gasteiger partial charge in [0, 0.05) is 39.6 Å². The van der Waals surface area contributed by atoms with Crippen LogP contribution in [-0.2, 0) is 0 Å². The van der Waals surface area contributed by atoms with Gasteiger partial charge < -0.3 is 9.80 Å². The van der Waals surface area contributed by atoms with Crippen molar-refractivity contribution in [1.82, 2.24) is 0 Å². The van der Waals surface area contributed by atoms with Crippen molar-refractivity contribution in [2.24, 2.45) is 0 Å². The predicted octanol–water partition coefficient (Wildman–Crippen LogP) is 4.92. The molecule has 0 heterocycles. The maximum Gasteiger partial charge on any atom is 0.0364 e. The molecule has 0 aliphatic heterocycles. The van der Waals surface area contributed by atoms with Gasteiger partial charge in [0.25, 0.3) is 0 Å². The number of benzene rings is 2. The summed E-state index contributed by atoms with van der Waals surface area (Å²) in [6.07, 6.45) is 4.60. The fraction of sp³-hybridized carbons (Fsp3) is 0.273. The SMILES string of the molecule is Cc1cc(N(C)C)ccc1C1=CC(c2ccc(N(C)C)cc2C)=C1. The minimum absolute atomic E-state index is 1.25. The van der Waals surface area contributed by atoms with E-state index < -0.39 is 0 Å². The van der Waals surface area contributed by atoms with Gasteiger partial charge in [0.2, 0.25) is 0 Å². The van der Waals surface area contributed by atoms with Crippen molar-refractivity contribution >= 4 is 22.5 Å². The normalized spacial score (nSPS) is 13.1. The van der Waals surface area contributed by atoms with E-state index in [1.807, 2.05) is 0 Å². The third kappa shape index (κ3) is 2.96. The summed E-state index contributed by atoms with van der Waals surface area (Å²) >= 11 is 0. The molecule has 1 aliphatic rings. The van der Waals surface area contributed by atoms with Crippen molar-refractivity contribution in [3.63, 3.8) is 0 Å². The summed E-state index contributed by atoms with van der Waals surface area (Å²) in [4.78, 5) is 4.28. The Bertz CT molecular complexity index is 762. The Morgan fingerprint density at radius 3 is 1.25 bits per heavy atom. The average molecular weight is 318 g/mol. The van der Waals surface area contributed by atoms with Crippen molar-refractivity contribution in [3.8, 4) is 0 Å². The molecule has 0 unspecified atom stereocenters. The lowest BCUT2D eigenvalue weighted by Gasteiger charge is -2.22. The summed E-state index contributed by atoms with van der Waals surface area (Å²) in [6.45, 7) is 4.37. The van der Waals surface area contributed by atoms with E-state index in [2.05, 4.69) is 100 Å². The number of aryl methyl sites for hydroxylation is 2. The molecule has 124 valence electrons. The highest BCUT2D eigenvalue weighted by Crippen LogP contribution is 2.37. The van der Waals surface area contributed by atoms with Crippen molar-refractivity contribution < 1.29 is 0 Å². The standard InChI is InChI=1S/C22H26N2/c1-15-11-19(23(3)4)7-9-21(15)17-13-18(14-17)22-10-8-20(24(5)6)12-16(22)2/h7-14H,1-6H3. The van der Waals surface area contributed by atoms with Gasteiger partial charge in [-0.05, 0) is 83.7 Å². The maximum absolute atomic E-state index is 2.30. The van der Waals surface area contributed by atoms with Crippen LogP contribution in [0.3, 0.4) is 0 Å². The second-order valence-corrected chi connectivity index (χ2v) is 6.99. The van der Waals surface area contributed by atoms with Crippen LogP contribution in [0.25, 0.3) is 11.1 Å². The molecule has 2 aromatic rings. The molecule has 0 amide bonds. The van der Waals surface area contributed by atoms with Gasteiger partial charge in [-0.3, -0.25) is 0 Å². The molecule has 0 fully saturated rings. The molecule has 0 saturated carbocycles. The first-order chi connectivity index (χ1) is 11.4. The topological polar surface area (TPSA) is 6.48 Å². The minimum atomic E-state index is 1.25. The van der Waals surface area contributed by atoms with E-state index in [-0.39, 0.29) is 0 Å². The van der Waals surface area contributed by atoms with Crippen molar-refractivity contribution in [1.29, 1.82) is 0 Å². The highest BCUT2D eigenvalue weighted by atomic mass is 15.1. The van der Waals surface area contributed by atoms with Gasteiger partial charge in [0.15, 0.2) is 0 Å². The van der Waals surface area contributed by atoms with Crippen LogP contribution < -0.4 is 9.80 Å². The summed E-state index contributed by atoms with van der Waals surface area (Å²) < 4.78 is 0. The molecule has 0 saturated heterocycles. The van der Waals surface area contributed by atoms with Crippen LogP contribution >= 0.6 is 0 Å². The van der Waals surface area contributed by atoms with Crippen molar-refractivity contribution in [3.05, 3.63) is 70.8 Å². The number of hydrogen-bond acceptors (Lipinski definition) is 2. The fourth-order valence-electron chi connectivity index (χ4n) is 3.13. The van der Waals surface area contributed by atoms with Crippen LogP contribution in [0.5, 0.6) is 0 Å². The summed E-state index contributed by atoms with van der Waals surface area (Å²) in [5, 5.41) is 0. The quantitative estimate of drug-likeness (QED) is 0.790. The molecule has 0 radical (unpaired) electrons. The third-order valence-electron chi connectivity index (χ3n) is 4.70. The maximum atomic E-state index is 2.30. The van der Waals surface area contributed by atoms with Crippen LogP contribution in [0.1, 0.15) is 22.3 Å². The first-order valence-electron chi connectivity index (χ1n) is 8.37. The van der Waals surface area contributed by atoms with Gasteiger partial charge in [0.1, 0.15) is 0 Å². The average Bonchev–Trinajstić information content (AvgIpc) is 2.48. The highest BCUT2D eigenvalue weighted by molar-refractivity contribution is 6.02. The van der Waals surface area contributed by atoms with Crippen LogP contribution in [0, 0.1) is 13.8 Å². The lowest BCUT2D eigenvalue weighted by Crippen LogP contribution is -2.09. The van der Waals surface area contributed by atoms with E-state index in [1.54, 1.807) is 0 Å². The Balaban J connectivity index is 1.83. The van der Waals surface area contributed by atoms with Gasteiger partial charge in [-0.2, -0.15) is 0 Å². The molecule has 2 heteroatoms. The lowest BCUT2D eigenvalue weighted by molar-refractivity contribution is 1.12. The Kier molecular flexibility index (Phi) is 4.23. The van der Waals surface area contributed by atoms with E-state index in [1.165, 1.54) is 44.8 Å². The van der Waals surface area contributed by atoms with Gasteiger partial charge >= 0.3 is 0 Å². The number of rotatable bonds is 4. The Labute approximate surface area is 145 Å². The molecule has 2 nitrogen and oxygen atoms in total. The zero-order valence-corrected chi connectivity index (χ0v) is 15.5. The Morgan fingerprint density at radius 1 is 0.583 bits per heavy atom. The van der Waals surface area contributed by atoms with Crippen molar-refractivity contribution in [2.75, 3.05) is 38.0 Å². The van der Waals surface area contributed by atoms with Crippen LogP contribution in [0.2, 0.25) is 0 Å². The van der Waals surface area contributed by atoms with Crippen molar-refractivity contribution in [2.45, 2.75) is 13.8 Å². The molecular formula is C22H26N2. The molecule has 0 aromatic heterocycles. The number of nitrogens with zero attached hydrogens (tertiary/aromatic N) is 2. The van der Waals surface area contributed by atoms with Gasteiger partial charge in [-0.25, -0.2) is 0 Å². The zero-order chi connectivity index (χ0) is 17.4. The molecule has 2 aromatic carbocycles. The van der Waals surface area contributed by atoms with Gasteiger partial charge in [0.05, 0.1) is 0 Å². The van der Waals surface area contributed by atoms with Crippen LogP contribution in [0.4, 0.5) is 11.4 Å². The Hall–Kier alpha value is -2.48. The van der Waals surface area contributed by atoms with E-state index in [9.17, 15) is 0 Å². The second kappa shape index (κ2) is 6.20. The lowest BCUT2D eigenvalue weighted by atomic mass is 9.85. The summed E-state index contributed by atoms with van der Waals surface area (Å²) in [6, 6.07) is 13.3. The Morgan fingerprint density at radius 2 is 0.958 bits per heavy atom. The second-order valence-electron chi connectivity index (χ2n) is 6.99. The molecule has 0 N–H and O–H groups in total. The smallest absolute Gasteiger partial charge is 0.0364 e. The fourth-order valence-corrected chi connectivity index (χ4v) is 3.13. The molecule has 3 rings (SSSR count). The van der Waals surface area contributed by atoms with Crippen LogP contribution in [0.15, 0.2) is 48.6 Å². The van der Waals surface area contributed by atoms with E-state index in [4.69, 9.17) is 0 Å². The first kappa shape index (κ1) is 16.4.